The highest BCUT2D eigenvalue weighted by molar-refractivity contribution is 8.00. The molecule has 2 aromatic heterocycles. The number of hydrogen-bond donors (Lipinski definition) is 2. The molecule has 9 heteroatoms. The van der Waals surface area contributed by atoms with E-state index in [1.54, 1.807) is 25.1 Å². The summed E-state index contributed by atoms with van der Waals surface area (Å²) in [5, 5.41) is 12.2. The number of aryl methyl sites for hydroxylation is 2. The van der Waals surface area contributed by atoms with E-state index >= 15 is 0 Å². The number of nitrogens with one attached hydrogen (secondary N) is 2. The third-order valence-corrected chi connectivity index (χ3v) is 6.35. The van der Waals surface area contributed by atoms with Crippen LogP contribution in [-0.4, -0.2) is 39.6 Å². The van der Waals surface area contributed by atoms with Crippen molar-refractivity contribution in [3.05, 3.63) is 47.7 Å². The highest BCUT2D eigenvalue weighted by atomic mass is 32.2. The number of aromatic amines is 1. The molecule has 0 bridgehead atoms. The van der Waals surface area contributed by atoms with Crippen molar-refractivity contribution in [3.8, 4) is 23.0 Å². The van der Waals surface area contributed by atoms with Gasteiger partial charge in [-0.25, -0.2) is 0 Å². The van der Waals surface area contributed by atoms with E-state index in [2.05, 4.69) is 27.4 Å². The molecule has 32 heavy (non-hydrogen) atoms. The molecule has 164 valence electrons. The fourth-order valence-electron chi connectivity index (χ4n) is 3.54. The van der Waals surface area contributed by atoms with Gasteiger partial charge in [-0.05, 0) is 56.7 Å². The monoisotopic (exact) mass is 450 g/mol. The van der Waals surface area contributed by atoms with Crippen LogP contribution in [0.15, 0.2) is 46.0 Å². The molecular weight excluding hydrogens is 428 g/mol. The highest BCUT2D eigenvalue weighted by Gasteiger charge is 2.20. The number of carbonyl (C=O) groups is 1. The van der Waals surface area contributed by atoms with Gasteiger partial charge in [-0.1, -0.05) is 11.8 Å². The SMILES string of the molecule is Cc1[nH]c2ccc(-c3nnc(SC(C)C(=O)Nc4ccc5c(c4)OCCO5)o3)cc2c1C. The smallest absolute Gasteiger partial charge is 0.277 e. The van der Waals surface area contributed by atoms with Gasteiger partial charge in [0.25, 0.3) is 5.22 Å². The summed E-state index contributed by atoms with van der Waals surface area (Å²) in [6.07, 6.45) is 0. The lowest BCUT2D eigenvalue weighted by molar-refractivity contribution is -0.115. The van der Waals surface area contributed by atoms with Crippen molar-refractivity contribution in [2.24, 2.45) is 0 Å². The van der Waals surface area contributed by atoms with Crippen molar-refractivity contribution in [1.29, 1.82) is 0 Å². The molecule has 4 aromatic rings. The maximum Gasteiger partial charge on any atom is 0.277 e. The summed E-state index contributed by atoms with van der Waals surface area (Å²) in [5.41, 5.74) is 4.88. The van der Waals surface area contributed by atoms with Crippen LogP contribution < -0.4 is 14.8 Å². The summed E-state index contributed by atoms with van der Waals surface area (Å²) in [6.45, 7) is 6.94. The second-order valence-corrected chi connectivity index (χ2v) is 8.91. The van der Waals surface area contributed by atoms with Crippen molar-refractivity contribution in [2.75, 3.05) is 18.5 Å². The Kier molecular flexibility index (Phi) is 5.26. The average molecular weight is 451 g/mol. The Labute approximate surface area is 188 Å². The molecule has 0 saturated heterocycles. The van der Waals surface area contributed by atoms with Gasteiger partial charge in [-0.2, -0.15) is 0 Å². The van der Waals surface area contributed by atoms with Crippen LogP contribution in [0.5, 0.6) is 11.5 Å². The molecule has 1 amide bonds. The number of carbonyl (C=O) groups excluding carboxylic acids is 1. The van der Waals surface area contributed by atoms with Crippen LogP contribution in [0.25, 0.3) is 22.4 Å². The molecule has 0 aliphatic carbocycles. The van der Waals surface area contributed by atoms with E-state index in [9.17, 15) is 4.79 Å². The predicted molar refractivity (Wildman–Crippen MR) is 122 cm³/mol. The minimum atomic E-state index is -0.437. The molecule has 5 rings (SSSR count). The molecule has 2 N–H and O–H groups in total. The minimum absolute atomic E-state index is 0.175. The summed E-state index contributed by atoms with van der Waals surface area (Å²) < 4.78 is 16.9. The fourth-order valence-corrected chi connectivity index (χ4v) is 4.22. The number of nitrogens with zero attached hydrogens (tertiary/aromatic N) is 2. The molecule has 1 aliphatic heterocycles. The molecule has 0 saturated carbocycles. The second-order valence-electron chi connectivity index (χ2n) is 7.62. The van der Waals surface area contributed by atoms with Gasteiger partial charge in [-0.3, -0.25) is 4.79 Å². The Bertz CT molecular complexity index is 1310. The molecule has 1 unspecified atom stereocenters. The molecule has 8 nitrogen and oxygen atoms in total. The van der Waals surface area contributed by atoms with Gasteiger partial charge in [-0.15, -0.1) is 10.2 Å². The number of H-pyrrole nitrogens is 1. The van der Waals surface area contributed by atoms with Gasteiger partial charge in [0, 0.05) is 33.9 Å². The molecule has 0 fully saturated rings. The number of amides is 1. The van der Waals surface area contributed by atoms with E-state index in [0.29, 0.717) is 41.5 Å². The van der Waals surface area contributed by atoms with Crippen molar-refractivity contribution in [3.63, 3.8) is 0 Å². The van der Waals surface area contributed by atoms with Crippen LogP contribution in [0.3, 0.4) is 0 Å². The Morgan fingerprint density at radius 1 is 1.09 bits per heavy atom. The topological polar surface area (TPSA) is 102 Å². The third-order valence-electron chi connectivity index (χ3n) is 5.42. The Balaban J connectivity index is 1.27. The lowest BCUT2D eigenvalue weighted by Crippen LogP contribution is -2.22. The van der Waals surface area contributed by atoms with Gasteiger partial charge < -0.3 is 24.2 Å². The first-order valence-electron chi connectivity index (χ1n) is 10.3. The number of thioether (sulfide) groups is 1. The summed E-state index contributed by atoms with van der Waals surface area (Å²) >= 11 is 1.21. The maximum atomic E-state index is 12.7. The maximum absolute atomic E-state index is 12.7. The van der Waals surface area contributed by atoms with E-state index in [1.807, 2.05) is 25.1 Å². The molecule has 1 atom stereocenters. The number of ether oxygens (including phenoxy) is 2. The quantitative estimate of drug-likeness (QED) is 0.424. The van der Waals surface area contributed by atoms with Crippen LogP contribution in [0.4, 0.5) is 5.69 Å². The Hall–Kier alpha value is -3.46. The summed E-state index contributed by atoms with van der Waals surface area (Å²) in [6, 6.07) is 11.3. The van der Waals surface area contributed by atoms with E-state index in [0.717, 1.165) is 22.2 Å². The van der Waals surface area contributed by atoms with Gasteiger partial charge in [0.2, 0.25) is 11.8 Å². The number of aromatic nitrogens is 3. The van der Waals surface area contributed by atoms with Crippen LogP contribution in [0, 0.1) is 13.8 Å². The molecule has 2 aromatic carbocycles. The standard InChI is InChI=1S/C23H22N4O4S/c1-12-13(2)24-18-6-4-15(10-17(12)18)22-26-27-23(31-22)32-14(3)21(28)25-16-5-7-19-20(11-16)30-9-8-29-19/h4-7,10-11,14,24H,8-9H2,1-3H3,(H,25,28). The molecular formula is C23H22N4O4S. The zero-order chi connectivity index (χ0) is 22.2. The van der Waals surface area contributed by atoms with Gasteiger partial charge in [0.05, 0.1) is 5.25 Å². The molecule has 1 aliphatic rings. The summed E-state index contributed by atoms with van der Waals surface area (Å²) in [5.74, 6) is 1.55. The van der Waals surface area contributed by atoms with E-state index in [-0.39, 0.29) is 5.91 Å². The van der Waals surface area contributed by atoms with E-state index in [1.165, 1.54) is 17.3 Å². The van der Waals surface area contributed by atoms with Crippen molar-refractivity contribution >= 4 is 34.3 Å². The largest absolute Gasteiger partial charge is 0.486 e. The fraction of sp³-hybridized carbons (Fsp3) is 0.261. The van der Waals surface area contributed by atoms with Crippen molar-refractivity contribution in [1.82, 2.24) is 15.2 Å². The number of fused-ring (bicyclic) bond motifs is 2. The van der Waals surface area contributed by atoms with E-state index < -0.39 is 5.25 Å². The average Bonchev–Trinajstić information content (AvgIpc) is 3.37. The zero-order valence-electron chi connectivity index (χ0n) is 17.9. The third kappa shape index (κ3) is 3.91. The second kappa shape index (κ2) is 8.23. The number of rotatable bonds is 5. The van der Waals surface area contributed by atoms with Crippen molar-refractivity contribution in [2.45, 2.75) is 31.2 Å². The van der Waals surface area contributed by atoms with Crippen molar-refractivity contribution < 1.29 is 18.7 Å². The number of anilines is 1. The highest BCUT2D eigenvalue weighted by Crippen LogP contribution is 2.33. The number of benzene rings is 2. The van der Waals surface area contributed by atoms with Crippen LogP contribution in [0.2, 0.25) is 0 Å². The zero-order valence-corrected chi connectivity index (χ0v) is 18.7. The minimum Gasteiger partial charge on any atom is -0.486 e. The first kappa shape index (κ1) is 20.4. The molecule has 0 radical (unpaired) electrons. The molecule has 0 spiro atoms. The Morgan fingerprint density at radius 2 is 1.91 bits per heavy atom. The summed E-state index contributed by atoms with van der Waals surface area (Å²) in [4.78, 5) is 16.0. The normalized spacial score (nSPS) is 13.8. The molecule has 3 heterocycles. The van der Waals surface area contributed by atoms with Crippen LogP contribution in [-0.2, 0) is 4.79 Å². The van der Waals surface area contributed by atoms with Crippen LogP contribution >= 0.6 is 11.8 Å². The number of hydrogen-bond acceptors (Lipinski definition) is 7. The Morgan fingerprint density at radius 3 is 2.75 bits per heavy atom. The predicted octanol–water partition coefficient (Wildman–Crippen LogP) is 4.73. The van der Waals surface area contributed by atoms with Gasteiger partial charge in [0.1, 0.15) is 13.2 Å². The van der Waals surface area contributed by atoms with Crippen LogP contribution in [0.1, 0.15) is 18.2 Å². The summed E-state index contributed by atoms with van der Waals surface area (Å²) in [7, 11) is 0. The van der Waals surface area contributed by atoms with Gasteiger partial charge in [0.15, 0.2) is 11.5 Å². The van der Waals surface area contributed by atoms with Gasteiger partial charge >= 0.3 is 0 Å². The van der Waals surface area contributed by atoms with E-state index in [4.69, 9.17) is 13.9 Å². The lowest BCUT2D eigenvalue weighted by Gasteiger charge is -2.19. The first-order valence-corrected chi connectivity index (χ1v) is 11.2. The first-order chi connectivity index (χ1) is 15.5. The lowest BCUT2D eigenvalue weighted by atomic mass is 10.1.